The highest BCUT2D eigenvalue weighted by Crippen LogP contribution is 2.24. The number of hydrogen-bond acceptors (Lipinski definition) is 3. The molecule has 2 unspecified atom stereocenters. The molecule has 3 N–H and O–H groups in total. The molecule has 24 heavy (non-hydrogen) atoms. The Bertz CT molecular complexity index is 509. The Labute approximate surface area is 146 Å². The van der Waals surface area contributed by atoms with Gasteiger partial charge in [-0.15, -0.1) is 0 Å². The smallest absolute Gasteiger partial charge is 0.224 e. The van der Waals surface area contributed by atoms with Crippen LogP contribution in [0.25, 0.3) is 0 Å². The molecule has 2 atom stereocenters. The van der Waals surface area contributed by atoms with E-state index in [1.54, 1.807) is 0 Å². The first-order chi connectivity index (χ1) is 11.4. The lowest BCUT2D eigenvalue weighted by molar-refractivity contribution is -0.126. The fraction of sp³-hybridized carbons (Fsp3) is 0.650. The number of benzene rings is 1. The SMILES string of the molecule is CC(C)(C)CC(CN)C(=O)NC1CCCN(Cc2ccccc2)C1. The number of carbonyl (C=O) groups excluding carboxylic acids is 1. The van der Waals surface area contributed by atoms with Gasteiger partial charge in [0.05, 0.1) is 5.92 Å². The number of piperidine rings is 1. The van der Waals surface area contributed by atoms with Crippen LogP contribution in [-0.4, -0.2) is 36.5 Å². The van der Waals surface area contributed by atoms with Crippen molar-refractivity contribution < 1.29 is 4.79 Å². The first-order valence-electron chi connectivity index (χ1n) is 9.14. The number of nitrogens with one attached hydrogen (secondary N) is 1. The number of hydrogen-bond donors (Lipinski definition) is 2. The zero-order valence-corrected chi connectivity index (χ0v) is 15.4. The lowest BCUT2D eigenvalue weighted by Crippen LogP contribution is -2.50. The Morgan fingerprint density at radius 3 is 2.67 bits per heavy atom. The number of likely N-dealkylation sites (tertiary alicyclic amines) is 1. The fourth-order valence-corrected chi connectivity index (χ4v) is 3.50. The Balaban J connectivity index is 1.86. The molecule has 0 spiro atoms. The molecule has 0 radical (unpaired) electrons. The van der Waals surface area contributed by atoms with Crippen molar-refractivity contribution in [2.75, 3.05) is 19.6 Å². The number of nitrogens with zero attached hydrogens (tertiary/aromatic N) is 1. The fourth-order valence-electron chi connectivity index (χ4n) is 3.50. The van der Waals surface area contributed by atoms with Crippen LogP contribution in [0.3, 0.4) is 0 Å². The molecule has 1 aliphatic rings. The van der Waals surface area contributed by atoms with Gasteiger partial charge in [-0.05, 0) is 36.8 Å². The zero-order valence-electron chi connectivity index (χ0n) is 15.4. The molecule has 0 aliphatic carbocycles. The van der Waals surface area contributed by atoms with Gasteiger partial charge in [0.2, 0.25) is 5.91 Å². The minimum absolute atomic E-state index is 0.0884. The molecule has 4 nitrogen and oxygen atoms in total. The molecule has 1 amide bonds. The molecule has 1 aromatic carbocycles. The predicted octanol–water partition coefficient (Wildman–Crippen LogP) is 2.78. The van der Waals surface area contributed by atoms with Gasteiger partial charge in [0, 0.05) is 25.7 Å². The second kappa shape index (κ2) is 8.63. The van der Waals surface area contributed by atoms with Gasteiger partial charge < -0.3 is 11.1 Å². The lowest BCUT2D eigenvalue weighted by Gasteiger charge is -2.34. The molecule has 1 heterocycles. The van der Waals surface area contributed by atoms with Crippen molar-refractivity contribution in [3.8, 4) is 0 Å². The van der Waals surface area contributed by atoms with Crippen LogP contribution in [0.1, 0.15) is 45.6 Å². The quantitative estimate of drug-likeness (QED) is 0.843. The van der Waals surface area contributed by atoms with E-state index in [1.807, 2.05) is 6.07 Å². The standard InChI is InChI=1S/C20H33N3O/c1-20(2,3)12-17(13-21)19(24)22-18-10-7-11-23(15-18)14-16-8-5-4-6-9-16/h4-6,8-9,17-18H,7,10-15,21H2,1-3H3,(H,22,24). The van der Waals surface area contributed by atoms with Gasteiger partial charge in [-0.1, -0.05) is 51.1 Å². The van der Waals surface area contributed by atoms with Crippen molar-refractivity contribution in [3.63, 3.8) is 0 Å². The summed E-state index contributed by atoms with van der Waals surface area (Å²) < 4.78 is 0. The van der Waals surface area contributed by atoms with E-state index in [-0.39, 0.29) is 23.3 Å². The van der Waals surface area contributed by atoms with Gasteiger partial charge in [-0.2, -0.15) is 0 Å². The third kappa shape index (κ3) is 6.25. The van der Waals surface area contributed by atoms with E-state index in [9.17, 15) is 4.79 Å². The Hall–Kier alpha value is -1.39. The summed E-state index contributed by atoms with van der Waals surface area (Å²) in [6.45, 7) is 9.87. The third-order valence-corrected chi connectivity index (χ3v) is 4.61. The Kier molecular flexibility index (Phi) is 6.81. The molecule has 1 aliphatic heterocycles. The number of carbonyl (C=O) groups is 1. The number of nitrogens with two attached hydrogens (primary N) is 1. The second-order valence-electron chi connectivity index (χ2n) is 8.27. The predicted molar refractivity (Wildman–Crippen MR) is 99.5 cm³/mol. The van der Waals surface area contributed by atoms with Gasteiger partial charge >= 0.3 is 0 Å². The molecule has 0 saturated carbocycles. The molecular formula is C20H33N3O. The summed E-state index contributed by atoms with van der Waals surface area (Å²) in [6.07, 6.45) is 3.02. The van der Waals surface area contributed by atoms with Crippen molar-refractivity contribution in [2.45, 2.75) is 52.6 Å². The normalized spacial score (nSPS) is 20.6. The van der Waals surface area contributed by atoms with E-state index >= 15 is 0 Å². The van der Waals surface area contributed by atoms with Crippen LogP contribution in [-0.2, 0) is 11.3 Å². The second-order valence-corrected chi connectivity index (χ2v) is 8.27. The minimum atomic E-state index is -0.0884. The van der Waals surface area contributed by atoms with E-state index in [0.717, 1.165) is 38.9 Å². The summed E-state index contributed by atoms with van der Waals surface area (Å²) >= 11 is 0. The van der Waals surface area contributed by atoms with Crippen LogP contribution in [0.5, 0.6) is 0 Å². The average molecular weight is 332 g/mol. The number of rotatable bonds is 6. The highest BCUT2D eigenvalue weighted by molar-refractivity contribution is 5.79. The van der Waals surface area contributed by atoms with Crippen molar-refractivity contribution >= 4 is 5.91 Å². The highest BCUT2D eigenvalue weighted by Gasteiger charge is 2.27. The van der Waals surface area contributed by atoms with Crippen LogP contribution in [0, 0.1) is 11.3 Å². The molecule has 1 aromatic rings. The molecule has 0 aromatic heterocycles. The molecular weight excluding hydrogens is 298 g/mol. The van der Waals surface area contributed by atoms with Crippen molar-refractivity contribution in [3.05, 3.63) is 35.9 Å². The highest BCUT2D eigenvalue weighted by atomic mass is 16.2. The average Bonchev–Trinajstić information content (AvgIpc) is 2.53. The molecule has 1 fully saturated rings. The van der Waals surface area contributed by atoms with E-state index in [4.69, 9.17) is 5.73 Å². The van der Waals surface area contributed by atoms with Gasteiger partial charge in [0.25, 0.3) is 0 Å². The van der Waals surface area contributed by atoms with Crippen LogP contribution >= 0.6 is 0 Å². The van der Waals surface area contributed by atoms with Gasteiger partial charge in [-0.25, -0.2) is 0 Å². The van der Waals surface area contributed by atoms with E-state index in [1.165, 1.54) is 5.56 Å². The molecule has 0 bridgehead atoms. The van der Waals surface area contributed by atoms with E-state index in [2.05, 4.69) is 55.3 Å². The Morgan fingerprint density at radius 1 is 1.33 bits per heavy atom. The van der Waals surface area contributed by atoms with Gasteiger partial charge in [0.1, 0.15) is 0 Å². The van der Waals surface area contributed by atoms with Crippen molar-refractivity contribution in [2.24, 2.45) is 17.1 Å². The largest absolute Gasteiger partial charge is 0.352 e. The minimum Gasteiger partial charge on any atom is -0.352 e. The first kappa shape index (κ1) is 18.9. The maximum absolute atomic E-state index is 12.6. The zero-order chi connectivity index (χ0) is 17.6. The van der Waals surface area contributed by atoms with Gasteiger partial charge in [0.15, 0.2) is 0 Å². The molecule has 1 saturated heterocycles. The summed E-state index contributed by atoms with van der Waals surface area (Å²) in [4.78, 5) is 15.0. The molecule has 2 rings (SSSR count). The topological polar surface area (TPSA) is 58.4 Å². The third-order valence-electron chi connectivity index (χ3n) is 4.61. The number of amides is 1. The van der Waals surface area contributed by atoms with Crippen LogP contribution in [0.4, 0.5) is 0 Å². The van der Waals surface area contributed by atoms with Crippen molar-refractivity contribution in [1.82, 2.24) is 10.2 Å². The van der Waals surface area contributed by atoms with Gasteiger partial charge in [-0.3, -0.25) is 9.69 Å². The van der Waals surface area contributed by atoms with Crippen molar-refractivity contribution in [1.29, 1.82) is 0 Å². The molecule has 134 valence electrons. The molecule has 4 heteroatoms. The van der Waals surface area contributed by atoms with E-state index in [0.29, 0.717) is 6.54 Å². The lowest BCUT2D eigenvalue weighted by atomic mass is 9.84. The van der Waals surface area contributed by atoms with Crippen LogP contribution < -0.4 is 11.1 Å². The van der Waals surface area contributed by atoms with E-state index < -0.39 is 0 Å². The van der Waals surface area contributed by atoms with Crippen LogP contribution in [0.2, 0.25) is 0 Å². The maximum Gasteiger partial charge on any atom is 0.224 e. The first-order valence-corrected chi connectivity index (χ1v) is 9.14. The summed E-state index contributed by atoms with van der Waals surface area (Å²) in [7, 11) is 0. The summed E-state index contributed by atoms with van der Waals surface area (Å²) in [5.74, 6) is 0.0356. The summed E-state index contributed by atoms with van der Waals surface area (Å²) in [5.41, 5.74) is 7.29. The monoisotopic (exact) mass is 331 g/mol. The Morgan fingerprint density at radius 2 is 2.04 bits per heavy atom. The van der Waals surface area contributed by atoms with Crippen LogP contribution in [0.15, 0.2) is 30.3 Å². The summed E-state index contributed by atoms with van der Waals surface area (Å²) in [6, 6.07) is 10.8. The maximum atomic E-state index is 12.6. The summed E-state index contributed by atoms with van der Waals surface area (Å²) in [5, 5.41) is 3.25.